The van der Waals surface area contributed by atoms with Gasteiger partial charge < -0.3 is 5.32 Å². The lowest BCUT2D eigenvalue weighted by Crippen LogP contribution is -2.30. The summed E-state index contributed by atoms with van der Waals surface area (Å²) in [5.41, 5.74) is -0.0155. The number of halogens is 1. The van der Waals surface area contributed by atoms with E-state index in [-0.39, 0.29) is 22.2 Å². The molecule has 6 heteroatoms. The standard InChI is InChI=1S/C13H17ClN2O3/c1-8(2)9(3)7-15-13(17)10-4-5-11(14)12(6-10)16(18)19/h4-6,8-9H,7H2,1-3H3,(H,15,17). The van der Waals surface area contributed by atoms with Crippen LogP contribution in [-0.2, 0) is 0 Å². The maximum atomic E-state index is 11.9. The Morgan fingerprint density at radius 1 is 1.42 bits per heavy atom. The van der Waals surface area contributed by atoms with Gasteiger partial charge in [-0.3, -0.25) is 14.9 Å². The minimum absolute atomic E-state index is 0.0251. The van der Waals surface area contributed by atoms with Crippen molar-refractivity contribution >= 4 is 23.2 Å². The molecule has 0 saturated heterocycles. The average molecular weight is 285 g/mol. The minimum atomic E-state index is -0.601. The van der Waals surface area contributed by atoms with Gasteiger partial charge in [0.05, 0.1) is 4.92 Å². The van der Waals surface area contributed by atoms with E-state index in [1.54, 1.807) is 0 Å². The fourth-order valence-corrected chi connectivity index (χ4v) is 1.57. The Labute approximate surface area is 117 Å². The quantitative estimate of drug-likeness (QED) is 0.666. The molecule has 19 heavy (non-hydrogen) atoms. The van der Waals surface area contributed by atoms with Gasteiger partial charge in [-0.15, -0.1) is 0 Å². The third kappa shape index (κ3) is 4.21. The zero-order valence-electron chi connectivity index (χ0n) is 11.1. The fraction of sp³-hybridized carbons (Fsp3) is 0.462. The molecule has 0 aliphatic rings. The van der Waals surface area contributed by atoms with Crippen LogP contribution in [0.15, 0.2) is 18.2 Å². The molecule has 0 radical (unpaired) electrons. The van der Waals surface area contributed by atoms with Crippen LogP contribution in [0.3, 0.4) is 0 Å². The number of nitro groups is 1. The molecule has 1 N–H and O–H groups in total. The fourth-order valence-electron chi connectivity index (χ4n) is 1.39. The van der Waals surface area contributed by atoms with Crippen LogP contribution >= 0.6 is 11.6 Å². The molecule has 0 aliphatic heterocycles. The van der Waals surface area contributed by atoms with E-state index in [2.05, 4.69) is 19.2 Å². The monoisotopic (exact) mass is 284 g/mol. The van der Waals surface area contributed by atoms with Crippen LogP contribution in [0.5, 0.6) is 0 Å². The van der Waals surface area contributed by atoms with Gasteiger partial charge in [0.2, 0.25) is 0 Å². The Balaban J connectivity index is 2.78. The van der Waals surface area contributed by atoms with Crippen molar-refractivity contribution in [3.8, 4) is 0 Å². The number of hydrogen-bond acceptors (Lipinski definition) is 3. The first kappa shape index (κ1) is 15.4. The molecule has 0 aromatic heterocycles. The number of rotatable bonds is 5. The topological polar surface area (TPSA) is 72.2 Å². The van der Waals surface area contributed by atoms with Crippen LogP contribution in [-0.4, -0.2) is 17.4 Å². The number of carbonyl (C=O) groups is 1. The molecular formula is C13H17ClN2O3. The highest BCUT2D eigenvalue weighted by molar-refractivity contribution is 6.32. The van der Waals surface area contributed by atoms with Crippen molar-refractivity contribution in [3.63, 3.8) is 0 Å². The molecule has 0 aliphatic carbocycles. The van der Waals surface area contributed by atoms with Gasteiger partial charge in [-0.05, 0) is 24.0 Å². The molecule has 1 amide bonds. The molecule has 0 fully saturated rings. The molecule has 0 spiro atoms. The summed E-state index contributed by atoms with van der Waals surface area (Å²) in [6, 6.07) is 4.03. The Morgan fingerprint density at radius 2 is 2.05 bits per heavy atom. The van der Waals surface area contributed by atoms with Gasteiger partial charge >= 0.3 is 0 Å². The Hall–Kier alpha value is -1.62. The first-order valence-electron chi connectivity index (χ1n) is 6.05. The average Bonchev–Trinajstić information content (AvgIpc) is 2.35. The number of benzene rings is 1. The van der Waals surface area contributed by atoms with Crippen molar-refractivity contribution in [2.75, 3.05) is 6.54 Å². The number of amides is 1. The first-order chi connectivity index (χ1) is 8.82. The van der Waals surface area contributed by atoms with E-state index in [1.165, 1.54) is 18.2 Å². The molecule has 1 aromatic rings. The van der Waals surface area contributed by atoms with Gasteiger partial charge in [0, 0.05) is 18.2 Å². The summed E-state index contributed by atoms with van der Waals surface area (Å²) >= 11 is 5.69. The van der Waals surface area contributed by atoms with E-state index in [4.69, 9.17) is 11.6 Å². The van der Waals surface area contributed by atoms with Crippen molar-refractivity contribution in [2.45, 2.75) is 20.8 Å². The van der Waals surface area contributed by atoms with Crippen molar-refractivity contribution in [1.82, 2.24) is 5.32 Å². The Kier molecular flexibility index (Phi) is 5.30. The minimum Gasteiger partial charge on any atom is -0.352 e. The number of nitrogens with one attached hydrogen (secondary N) is 1. The predicted octanol–water partition coefficient (Wildman–Crippen LogP) is 3.27. The lowest BCUT2D eigenvalue weighted by Gasteiger charge is -2.16. The summed E-state index contributed by atoms with van der Waals surface area (Å²) in [6.45, 7) is 6.72. The second kappa shape index (κ2) is 6.52. The molecule has 0 heterocycles. The van der Waals surface area contributed by atoms with Crippen LogP contribution in [0.4, 0.5) is 5.69 Å². The van der Waals surface area contributed by atoms with Crippen LogP contribution in [0.25, 0.3) is 0 Å². The van der Waals surface area contributed by atoms with Crippen molar-refractivity contribution in [1.29, 1.82) is 0 Å². The van der Waals surface area contributed by atoms with Crippen LogP contribution in [0.1, 0.15) is 31.1 Å². The molecular weight excluding hydrogens is 268 g/mol. The largest absolute Gasteiger partial charge is 0.352 e. The molecule has 1 aromatic carbocycles. The molecule has 1 unspecified atom stereocenters. The van der Waals surface area contributed by atoms with Gasteiger partial charge in [-0.2, -0.15) is 0 Å². The lowest BCUT2D eigenvalue weighted by molar-refractivity contribution is -0.384. The SMILES string of the molecule is CC(C)C(C)CNC(=O)c1ccc(Cl)c([N+](=O)[O-])c1. The van der Waals surface area contributed by atoms with E-state index in [9.17, 15) is 14.9 Å². The third-order valence-corrected chi connectivity index (χ3v) is 3.45. The summed E-state index contributed by atoms with van der Waals surface area (Å²) in [6.07, 6.45) is 0. The smallest absolute Gasteiger partial charge is 0.288 e. The van der Waals surface area contributed by atoms with E-state index >= 15 is 0 Å². The van der Waals surface area contributed by atoms with Gasteiger partial charge in [0.1, 0.15) is 5.02 Å². The summed E-state index contributed by atoms with van der Waals surface area (Å²) in [4.78, 5) is 22.0. The van der Waals surface area contributed by atoms with Crippen molar-refractivity contribution in [2.24, 2.45) is 11.8 Å². The molecule has 104 valence electrons. The predicted molar refractivity (Wildman–Crippen MR) is 74.4 cm³/mol. The highest BCUT2D eigenvalue weighted by atomic mass is 35.5. The second-order valence-electron chi connectivity index (χ2n) is 4.85. The van der Waals surface area contributed by atoms with Gasteiger partial charge in [-0.1, -0.05) is 32.4 Å². The lowest BCUT2D eigenvalue weighted by atomic mass is 9.98. The van der Waals surface area contributed by atoms with E-state index in [1.807, 2.05) is 6.92 Å². The summed E-state index contributed by atoms with van der Waals surface area (Å²) in [5.74, 6) is 0.471. The Morgan fingerprint density at radius 3 is 2.58 bits per heavy atom. The summed E-state index contributed by atoms with van der Waals surface area (Å²) in [7, 11) is 0. The summed E-state index contributed by atoms with van der Waals surface area (Å²) < 4.78 is 0. The number of carbonyl (C=O) groups excluding carboxylic acids is 1. The van der Waals surface area contributed by atoms with Crippen LogP contribution in [0, 0.1) is 22.0 Å². The van der Waals surface area contributed by atoms with Gasteiger partial charge in [-0.25, -0.2) is 0 Å². The van der Waals surface area contributed by atoms with Crippen molar-refractivity contribution in [3.05, 3.63) is 38.9 Å². The zero-order valence-corrected chi connectivity index (χ0v) is 11.9. The number of hydrogen-bond donors (Lipinski definition) is 1. The van der Waals surface area contributed by atoms with E-state index in [0.29, 0.717) is 18.4 Å². The highest BCUT2D eigenvalue weighted by Gasteiger charge is 2.17. The molecule has 0 saturated carbocycles. The maximum Gasteiger partial charge on any atom is 0.288 e. The van der Waals surface area contributed by atoms with Crippen LogP contribution in [0.2, 0.25) is 5.02 Å². The van der Waals surface area contributed by atoms with Crippen molar-refractivity contribution < 1.29 is 9.72 Å². The van der Waals surface area contributed by atoms with Gasteiger partial charge in [0.15, 0.2) is 0 Å². The molecule has 0 bridgehead atoms. The van der Waals surface area contributed by atoms with E-state index in [0.717, 1.165) is 0 Å². The third-order valence-electron chi connectivity index (χ3n) is 3.13. The maximum absolute atomic E-state index is 11.9. The zero-order chi connectivity index (χ0) is 14.6. The summed E-state index contributed by atoms with van der Waals surface area (Å²) in [5, 5.41) is 13.5. The van der Waals surface area contributed by atoms with Crippen LogP contribution < -0.4 is 5.32 Å². The molecule has 1 rings (SSSR count). The van der Waals surface area contributed by atoms with Gasteiger partial charge in [0.25, 0.3) is 11.6 Å². The number of nitrogens with zero attached hydrogens (tertiary/aromatic N) is 1. The first-order valence-corrected chi connectivity index (χ1v) is 6.43. The molecule has 1 atom stereocenters. The Bertz CT molecular complexity index is 489. The number of nitro benzene ring substituents is 1. The molecule has 5 nitrogen and oxygen atoms in total. The normalized spacial score (nSPS) is 12.3. The van der Waals surface area contributed by atoms with E-state index < -0.39 is 4.92 Å². The highest BCUT2D eigenvalue weighted by Crippen LogP contribution is 2.25. The second-order valence-corrected chi connectivity index (χ2v) is 5.26.